The number of ketones is 1. The molecule has 1 saturated carbocycles. The van der Waals surface area contributed by atoms with E-state index in [0.717, 1.165) is 12.8 Å². The summed E-state index contributed by atoms with van der Waals surface area (Å²) in [5, 5.41) is 7.96. The van der Waals surface area contributed by atoms with Crippen LogP contribution in [0.3, 0.4) is 0 Å². The summed E-state index contributed by atoms with van der Waals surface area (Å²) in [5.41, 5.74) is 1.30. The van der Waals surface area contributed by atoms with Crippen molar-refractivity contribution in [2.24, 2.45) is 5.92 Å². The monoisotopic (exact) mass is 129 g/mol. The van der Waals surface area contributed by atoms with Gasteiger partial charge in [-0.05, 0) is 12.8 Å². The predicted octanol–water partition coefficient (Wildman–Crippen LogP) is -0.529. The van der Waals surface area contributed by atoms with E-state index < -0.39 is 11.7 Å². The fourth-order valence-corrected chi connectivity index (χ4v) is 0.586. The van der Waals surface area contributed by atoms with Crippen LogP contribution in [0.5, 0.6) is 0 Å². The first-order valence-electron chi connectivity index (χ1n) is 2.74. The van der Waals surface area contributed by atoms with Crippen molar-refractivity contribution >= 4 is 11.7 Å². The largest absolute Gasteiger partial charge is 0.310 e. The molecule has 0 heterocycles. The van der Waals surface area contributed by atoms with E-state index in [-0.39, 0.29) is 5.92 Å². The van der Waals surface area contributed by atoms with Gasteiger partial charge in [-0.1, -0.05) is 0 Å². The van der Waals surface area contributed by atoms with Gasteiger partial charge in [-0.2, -0.15) is 0 Å². The maximum Gasteiger partial charge on any atom is 0.310 e. The zero-order valence-corrected chi connectivity index (χ0v) is 4.76. The number of hydrogen-bond donors (Lipinski definition) is 2. The van der Waals surface area contributed by atoms with Crippen molar-refractivity contribution in [2.75, 3.05) is 0 Å². The van der Waals surface area contributed by atoms with Crippen molar-refractivity contribution in [1.82, 2.24) is 5.48 Å². The lowest BCUT2D eigenvalue weighted by atomic mass is 10.2. The molecule has 9 heavy (non-hydrogen) atoms. The van der Waals surface area contributed by atoms with Crippen LogP contribution in [0.1, 0.15) is 12.8 Å². The van der Waals surface area contributed by atoms with Crippen LogP contribution in [0, 0.1) is 5.92 Å². The Morgan fingerprint density at radius 3 is 2.33 bits per heavy atom. The van der Waals surface area contributed by atoms with Gasteiger partial charge in [0.05, 0.1) is 0 Å². The van der Waals surface area contributed by atoms with Crippen molar-refractivity contribution in [2.45, 2.75) is 12.8 Å². The highest BCUT2D eigenvalue weighted by Gasteiger charge is 2.33. The summed E-state index contributed by atoms with van der Waals surface area (Å²) >= 11 is 0. The van der Waals surface area contributed by atoms with Gasteiger partial charge >= 0.3 is 5.91 Å². The van der Waals surface area contributed by atoms with Crippen molar-refractivity contribution < 1.29 is 14.8 Å². The number of amides is 1. The minimum Gasteiger partial charge on any atom is -0.288 e. The molecule has 0 aromatic heterocycles. The van der Waals surface area contributed by atoms with E-state index in [2.05, 4.69) is 0 Å². The van der Waals surface area contributed by atoms with Gasteiger partial charge in [-0.15, -0.1) is 0 Å². The Balaban J connectivity index is 2.40. The third-order valence-electron chi connectivity index (χ3n) is 1.27. The maximum atomic E-state index is 10.6. The number of Topliss-reactive ketones (excluding diaryl/α,β-unsaturated/α-hetero) is 1. The minimum atomic E-state index is -0.891. The summed E-state index contributed by atoms with van der Waals surface area (Å²) in [6.07, 6.45) is 1.57. The van der Waals surface area contributed by atoms with Crippen LogP contribution in [0.25, 0.3) is 0 Å². The first kappa shape index (κ1) is 6.22. The van der Waals surface area contributed by atoms with Gasteiger partial charge in [0.15, 0.2) is 0 Å². The molecule has 1 rings (SSSR count). The second-order valence-electron chi connectivity index (χ2n) is 2.08. The molecule has 1 aliphatic rings. The Morgan fingerprint density at radius 1 is 1.44 bits per heavy atom. The second-order valence-corrected chi connectivity index (χ2v) is 2.08. The van der Waals surface area contributed by atoms with Gasteiger partial charge in [0.25, 0.3) is 0 Å². The topological polar surface area (TPSA) is 66.4 Å². The normalized spacial score (nSPS) is 17.0. The molecule has 2 N–H and O–H groups in total. The zero-order valence-electron chi connectivity index (χ0n) is 4.76. The second kappa shape index (κ2) is 2.14. The summed E-state index contributed by atoms with van der Waals surface area (Å²) < 4.78 is 0. The van der Waals surface area contributed by atoms with Crippen LogP contribution in [0.15, 0.2) is 0 Å². The van der Waals surface area contributed by atoms with Gasteiger partial charge in [0.1, 0.15) is 0 Å². The Hall–Kier alpha value is -0.900. The molecule has 0 bridgehead atoms. The lowest BCUT2D eigenvalue weighted by Gasteiger charge is -1.91. The molecular weight excluding hydrogens is 122 g/mol. The van der Waals surface area contributed by atoms with E-state index in [9.17, 15) is 9.59 Å². The number of hydrogen-bond acceptors (Lipinski definition) is 3. The van der Waals surface area contributed by atoms with Crippen molar-refractivity contribution in [3.05, 3.63) is 0 Å². The highest BCUT2D eigenvalue weighted by molar-refractivity contribution is 6.37. The summed E-state index contributed by atoms with van der Waals surface area (Å²) in [6, 6.07) is 0. The molecule has 0 radical (unpaired) electrons. The lowest BCUT2D eigenvalue weighted by Crippen LogP contribution is -2.28. The summed E-state index contributed by atoms with van der Waals surface area (Å²) in [4.78, 5) is 20.8. The van der Waals surface area contributed by atoms with Crippen LogP contribution in [0.4, 0.5) is 0 Å². The summed E-state index contributed by atoms with van der Waals surface area (Å²) in [6.45, 7) is 0. The SMILES string of the molecule is O=C(NO)C(=O)C1CC1. The van der Waals surface area contributed by atoms with E-state index >= 15 is 0 Å². The molecule has 0 saturated heterocycles. The third kappa shape index (κ3) is 1.26. The predicted molar refractivity (Wildman–Crippen MR) is 27.7 cm³/mol. The standard InChI is InChI=1S/C5H7NO3/c7-4(3-1-2-3)5(8)6-9/h3,9H,1-2H2,(H,6,8). The maximum absolute atomic E-state index is 10.6. The summed E-state index contributed by atoms with van der Waals surface area (Å²) in [7, 11) is 0. The van der Waals surface area contributed by atoms with Gasteiger partial charge < -0.3 is 0 Å². The fourth-order valence-electron chi connectivity index (χ4n) is 0.586. The third-order valence-corrected chi connectivity index (χ3v) is 1.27. The summed E-state index contributed by atoms with van der Waals surface area (Å²) in [5.74, 6) is -1.51. The molecule has 4 nitrogen and oxygen atoms in total. The number of carbonyl (C=O) groups excluding carboxylic acids is 2. The molecule has 0 aromatic rings. The molecule has 1 amide bonds. The molecule has 0 aromatic carbocycles. The number of hydroxylamine groups is 1. The van der Waals surface area contributed by atoms with E-state index in [1.54, 1.807) is 0 Å². The van der Waals surface area contributed by atoms with Gasteiger partial charge in [0.2, 0.25) is 5.78 Å². The van der Waals surface area contributed by atoms with Crippen LogP contribution < -0.4 is 5.48 Å². The average molecular weight is 129 g/mol. The molecule has 0 aliphatic heterocycles. The van der Waals surface area contributed by atoms with Gasteiger partial charge in [-0.3, -0.25) is 14.8 Å². The average Bonchev–Trinajstić information content (AvgIpc) is 2.66. The van der Waals surface area contributed by atoms with Gasteiger partial charge in [0, 0.05) is 5.92 Å². The van der Waals surface area contributed by atoms with Gasteiger partial charge in [-0.25, -0.2) is 5.48 Å². The molecule has 50 valence electrons. The minimum absolute atomic E-state index is 0.114. The Bertz CT molecular complexity index is 150. The molecular formula is C5H7NO3. The number of carbonyl (C=O) groups is 2. The van der Waals surface area contributed by atoms with E-state index in [1.165, 1.54) is 5.48 Å². The molecule has 1 aliphatic carbocycles. The molecule has 0 unspecified atom stereocenters. The van der Waals surface area contributed by atoms with E-state index in [4.69, 9.17) is 5.21 Å². The highest BCUT2D eigenvalue weighted by Crippen LogP contribution is 2.29. The van der Waals surface area contributed by atoms with Crippen LogP contribution in [0.2, 0.25) is 0 Å². The molecule has 0 atom stereocenters. The quantitative estimate of drug-likeness (QED) is 0.299. The number of nitrogens with one attached hydrogen (secondary N) is 1. The zero-order chi connectivity index (χ0) is 6.85. The molecule has 1 fully saturated rings. The highest BCUT2D eigenvalue weighted by atomic mass is 16.5. The van der Waals surface area contributed by atoms with Crippen molar-refractivity contribution in [3.63, 3.8) is 0 Å². The molecule has 4 heteroatoms. The van der Waals surface area contributed by atoms with Crippen molar-refractivity contribution in [3.8, 4) is 0 Å². The number of rotatable bonds is 2. The Labute approximate surface area is 51.8 Å². The lowest BCUT2D eigenvalue weighted by molar-refractivity contribution is -0.143. The van der Waals surface area contributed by atoms with E-state index in [1.807, 2.05) is 0 Å². The van der Waals surface area contributed by atoms with Crippen LogP contribution >= 0.6 is 0 Å². The molecule has 0 spiro atoms. The first-order valence-corrected chi connectivity index (χ1v) is 2.74. The Kier molecular flexibility index (Phi) is 1.48. The van der Waals surface area contributed by atoms with Crippen LogP contribution in [-0.2, 0) is 9.59 Å². The first-order chi connectivity index (χ1) is 4.25. The van der Waals surface area contributed by atoms with Crippen LogP contribution in [-0.4, -0.2) is 16.9 Å². The Morgan fingerprint density at radius 2 is 2.00 bits per heavy atom. The van der Waals surface area contributed by atoms with E-state index in [0.29, 0.717) is 0 Å². The van der Waals surface area contributed by atoms with Crippen molar-refractivity contribution in [1.29, 1.82) is 0 Å². The fraction of sp³-hybridized carbons (Fsp3) is 0.600. The smallest absolute Gasteiger partial charge is 0.288 e.